The quantitative estimate of drug-likeness (QED) is 0.646. The monoisotopic (exact) mass is 405 g/mol. The van der Waals surface area contributed by atoms with Crippen molar-refractivity contribution in [3.63, 3.8) is 0 Å². The first-order chi connectivity index (χ1) is 12.9. The largest absolute Gasteiger partial charge is 0.451 e. The SMILES string of the molecule is Cc1nc(-c2ccccn2)sc1C(=O)OCC(=O)Nc1ccc(F)cc1Cl. The van der Waals surface area contributed by atoms with Crippen molar-refractivity contribution in [2.24, 2.45) is 0 Å². The summed E-state index contributed by atoms with van der Waals surface area (Å²) in [5.41, 5.74) is 1.37. The van der Waals surface area contributed by atoms with E-state index in [0.29, 0.717) is 21.3 Å². The van der Waals surface area contributed by atoms with E-state index in [1.165, 1.54) is 6.07 Å². The summed E-state index contributed by atoms with van der Waals surface area (Å²) in [4.78, 5) is 33.0. The Hall–Kier alpha value is -2.84. The summed E-state index contributed by atoms with van der Waals surface area (Å²) < 4.78 is 18.1. The Morgan fingerprint density at radius 3 is 2.81 bits per heavy atom. The first kappa shape index (κ1) is 18.9. The zero-order chi connectivity index (χ0) is 19.4. The number of hydrogen-bond donors (Lipinski definition) is 1. The van der Waals surface area contributed by atoms with Crippen molar-refractivity contribution in [2.75, 3.05) is 11.9 Å². The molecule has 1 aromatic carbocycles. The van der Waals surface area contributed by atoms with E-state index in [1.807, 2.05) is 6.07 Å². The maximum absolute atomic E-state index is 13.0. The van der Waals surface area contributed by atoms with Gasteiger partial charge in [-0.25, -0.2) is 14.2 Å². The number of amides is 1. The standard InChI is InChI=1S/C18H13ClFN3O3S/c1-10-16(27-17(22-10)14-4-2-3-7-21-14)18(25)26-9-15(24)23-13-6-5-11(20)8-12(13)19/h2-8H,9H2,1H3,(H,23,24). The number of rotatable bonds is 5. The number of pyridine rings is 1. The lowest BCUT2D eigenvalue weighted by molar-refractivity contribution is -0.119. The molecule has 0 aliphatic carbocycles. The van der Waals surface area contributed by atoms with Crippen molar-refractivity contribution in [3.8, 4) is 10.7 Å². The van der Waals surface area contributed by atoms with Gasteiger partial charge in [-0.3, -0.25) is 9.78 Å². The van der Waals surface area contributed by atoms with Crippen LogP contribution in [0.3, 0.4) is 0 Å². The van der Waals surface area contributed by atoms with Gasteiger partial charge in [0, 0.05) is 6.20 Å². The molecule has 0 aliphatic heterocycles. The summed E-state index contributed by atoms with van der Waals surface area (Å²) in [6, 6.07) is 8.95. The highest BCUT2D eigenvalue weighted by Crippen LogP contribution is 2.27. The van der Waals surface area contributed by atoms with Crippen molar-refractivity contribution < 1.29 is 18.7 Å². The fourth-order valence-corrected chi connectivity index (χ4v) is 3.31. The van der Waals surface area contributed by atoms with E-state index in [0.717, 1.165) is 23.5 Å². The Labute approximate surface area is 163 Å². The van der Waals surface area contributed by atoms with Crippen LogP contribution in [0.1, 0.15) is 15.4 Å². The number of thiazole rings is 1. The van der Waals surface area contributed by atoms with Gasteiger partial charge in [0.2, 0.25) is 0 Å². The molecule has 2 heterocycles. The van der Waals surface area contributed by atoms with Crippen molar-refractivity contribution in [3.05, 3.63) is 64.0 Å². The second-order valence-electron chi connectivity index (χ2n) is 5.40. The molecule has 0 radical (unpaired) electrons. The van der Waals surface area contributed by atoms with Crippen molar-refractivity contribution in [2.45, 2.75) is 6.92 Å². The molecule has 0 atom stereocenters. The number of carbonyl (C=O) groups is 2. The number of aromatic nitrogens is 2. The predicted octanol–water partition coefficient (Wildman–Crippen LogP) is 4.10. The van der Waals surface area contributed by atoms with Crippen LogP contribution in [0, 0.1) is 12.7 Å². The van der Waals surface area contributed by atoms with E-state index < -0.39 is 24.3 Å². The second-order valence-corrected chi connectivity index (χ2v) is 6.80. The maximum Gasteiger partial charge on any atom is 0.350 e. The summed E-state index contributed by atoms with van der Waals surface area (Å²) in [6.07, 6.45) is 1.63. The number of anilines is 1. The molecule has 0 saturated carbocycles. The first-order valence-electron chi connectivity index (χ1n) is 7.75. The van der Waals surface area contributed by atoms with Gasteiger partial charge in [-0.15, -0.1) is 11.3 Å². The van der Waals surface area contributed by atoms with Gasteiger partial charge in [-0.05, 0) is 37.3 Å². The molecule has 1 amide bonds. The van der Waals surface area contributed by atoms with Gasteiger partial charge in [0.25, 0.3) is 5.91 Å². The lowest BCUT2D eigenvalue weighted by Crippen LogP contribution is -2.21. The third-order valence-electron chi connectivity index (χ3n) is 3.41. The van der Waals surface area contributed by atoms with Gasteiger partial charge in [0.15, 0.2) is 6.61 Å². The fraction of sp³-hybridized carbons (Fsp3) is 0.111. The molecule has 1 N–H and O–H groups in total. The average molecular weight is 406 g/mol. The minimum Gasteiger partial charge on any atom is -0.451 e. The summed E-state index contributed by atoms with van der Waals surface area (Å²) in [5.74, 6) is -1.77. The van der Waals surface area contributed by atoms with Gasteiger partial charge in [-0.2, -0.15) is 0 Å². The molecule has 0 unspecified atom stereocenters. The molecule has 0 aliphatic rings. The number of halogens is 2. The number of nitrogens with zero attached hydrogens (tertiary/aromatic N) is 2. The highest BCUT2D eigenvalue weighted by Gasteiger charge is 2.19. The molecule has 9 heteroatoms. The third-order valence-corrected chi connectivity index (χ3v) is 4.88. The van der Waals surface area contributed by atoms with Crippen LogP contribution in [0.25, 0.3) is 10.7 Å². The average Bonchev–Trinajstić information content (AvgIpc) is 3.05. The smallest absolute Gasteiger partial charge is 0.350 e. The second kappa shape index (κ2) is 8.24. The van der Waals surface area contributed by atoms with E-state index in [-0.39, 0.29) is 10.7 Å². The minimum atomic E-state index is -0.660. The number of hydrogen-bond acceptors (Lipinski definition) is 6. The highest BCUT2D eigenvalue weighted by atomic mass is 35.5. The highest BCUT2D eigenvalue weighted by molar-refractivity contribution is 7.17. The van der Waals surface area contributed by atoms with Crippen LogP contribution in [0.4, 0.5) is 10.1 Å². The van der Waals surface area contributed by atoms with Crippen LogP contribution in [-0.4, -0.2) is 28.5 Å². The summed E-state index contributed by atoms with van der Waals surface area (Å²) in [6.45, 7) is 1.17. The zero-order valence-electron chi connectivity index (χ0n) is 14.0. The minimum absolute atomic E-state index is 0.0491. The molecule has 0 saturated heterocycles. The van der Waals surface area contributed by atoms with Gasteiger partial charge in [0.1, 0.15) is 15.7 Å². The van der Waals surface area contributed by atoms with E-state index in [1.54, 1.807) is 25.3 Å². The van der Waals surface area contributed by atoms with Crippen LogP contribution in [-0.2, 0) is 9.53 Å². The number of ether oxygens (including phenoxy) is 1. The topological polar surface area (TPSA) is 81.2 Å². The predicted molar refractivity (Wildman–Crippen MR) is 100 cm³/mol. The van der Waals surface area contributed by atoms with E-state index in [9.17, 15) is 14.0 Å². The molecule has 27 heavy (non-hydrogen) atoms. The lowest BCUT2D eigenvalue weighted by atomic mass is 10.3. The molecule has 3 aromatic rings. The Morgan fingerprint density at radius 1 is 1.30 bits per heavy atom. The maximum atomic E-state index is 13.0. The molecule has 2 aromatic heterocycles. The van der Waals surface area contributed by atoms with Gasteiger partial charge < -0.3 is 10.1 Å². The number of nitrogens with one attached hydrogen (secondary N) is 1. The van der Waals surface area contributed by atoms with Crippen LogP contribution in [0.15, 0.2) is 42.6 Å². The van der Waals surface area contributed by atoms with Crippen molar-refractivity contribution in [1.29, 1.82) is 0 Å². The Balaban J connectivity index is 1.62. The number of benzene rings is 1. The van der Waals surface area contributed by atoms with Crippen molar-refractivity contribution >= 4 is 40.5 Å². The van der Waals surface area contributed by atoms with Crippen molar-refractivity contribution in [1.82, 2.24) is 9.97 Å². The number of esters is 1. The fourth-order valence-electron chi connectivity index (χ4n) is 2.16. The van der Waals surface area contributed by atoms with Gasteiger partial charge >= 0.3 is 5.97 Å². The van der Waals surface area contributed by atoms with Gasteiger partial charge in [-0.1, -0.05) is 17.7 Å². The number of aryl methyl sites for hydroxylation is 1. The Kier molecular flexibility index (Phi) is 5.78. The summed E-state index contributed by atoms with van der Waals surface area (Å²) in [7, 11) is 0. The molecule has 0 bridgehead atoms. The number of carbonyl (C=O) groups excluding carboxylic acids is 2. The molecule has 138 valence electrons. The third kappa shape index (κ3) is 4.66. The van der Waals surface area contributed by atoms with Crippen LogP contribution in [0.2, 0.25) is 5.02 Å². The summed E-state index contributed by atoms with van der Waals surface area (Å²) >= 11 is 6.98. The van der Waals surface area contributed by atoms with Crippen LogP contribution < -0.4 is 5.32 Å². The normalized spacial score (nSPS) is 10.5. The van der Waals surface area contributed by atoms with E-state index in [2.05, 4.69) is 15.3 Å². The molecular weight excluding hydrogens is 393 g/mol. The first-order valence-corrected chi connectivity index (χ1v) is 8.94. The van der Waals surface area contributed by atoms with Crippen LogP contribution >= 0.6 is 22.9 Å². The molecule has 0 fully saturated rings. The van der Waals surface area contributed by atoms with E-state index in [4.69, 9.17) is 16.3 Å². The molecular formula is C18H13ClFN3O3S. The Morgan fingerprint density at radius 2 is 2.11 bits per heavy atom. The summed E-state index contributed by atoms with van der Waals surface area (Å²) in [5, 5.41) is 3.09. The molecule has 3 rings (SSSR count). The molecule has 0 spiro atoms. The Bertz CT molecular complexity index is 995. The zero-order valence-corrected chi connectivity index (χ0v) is 15.6. The molecule has 6 nitrogen and oxygen atoms in total. The van der Waals surface area contributed by atoms with Crippen LogP contribution in [0.5, 0.6) is 0 Å². The lowest BCUT2D eigenvalue weighted by Gasteiger charge is -2.07. The van der Waals surface area contributed by atoms with Gasteiger partial charge in [0.05, 0.1) is 22.1 Å². The van der Waals surface area contributed by atoms with E-state index >= 15 is 0 Å².